The van der Waals surface area contributed by atoms with Crippen molar-refractivity contribution >= 4 is 11.0 Å². The topological polar surface area (TPSA) is 50.9 Å². The Morgan fingerprint density at radius 2 is 1.23 bits per heavy atom. The van der Waals surface area contributed by atoms with Crippen molar-refractivity contribution in [3.8, 4) is 78.6 Å². The molecule has 0 spiro atoms. The minimum absolute atomic E-state index is 0.0324. The van der Waals surface area contributed by atoms with Crippen LogP contribution in [0.25, 0.3) is 83.9 Å². The van der Waals surface area contributed by atoms with Gasteiger partial charge in [0.1, 0.15) is 11.6 Å². The summed E-state index contributed by atoms with van der Waals surface area (Å²) >= 11 is 0. The van der Waals surface area contributed by atoms with Crippen molar-refractivity contribution in [2.45, 2.75) is 34.5 Å². The molecule has 0 aliphatic carbocycles. The summed E-state index contributed by atoms with van der Waals surface area (Å²) in [6.45, 7) is 0.308. The molecule has 0 saturated carbocycles. The Bertz CT molecular complexity index is 3170. The molecule has 1 N–H and O–H groups in total. The number of benzene rings is 7. The molecule has 0 bridgehead atoms. The highest BCUT2D eigenvalue weighted by atomic mass is 16.3. The molecule has 9 aromatic rings. The first-order chi connectivity index (χ1) is 30.1. The van der Waals surface area contributed by atoms with E-state index >= 15 is 0 Å². The zero-order chi connectivity index (χ0) is 44.2. The maximum atomic E-state index is 11.7. The van der Waals surface area contributed by atoms with Crippen LogP contribution < -0.4 is 0 Å². The van der Waals surface area contributed by atoms with Gasteiger partial charge in [0.15, 0.2) is 0 Å². The molecule has 0 unspecified atom stereocenters. The fourth-order valence-electron chi connectivity index (χ4n) is 7.75. The van der Waals surface area contributed by atoms with E-state index in [0.29, 0.717) is 39.2 Å². The SMILES string of the molecule is [2H]C([2H])([2H])c1cc(-n2c(-c3cc(C)cc(C)c3O)nc3c(-c4cc(-c5ccccc5)cc(-c5cc(-c6ccc(C)cc6)ccn5)c4)cccc32)cc(-c2ccccc2)c1C([2H])([2H])[2H]. The Hall–Kier alpha value is -7.04. The number of hydrogen-bond donors (Lipinski definition) is 1. The average Bonchev–Trinajstić information content (AvgIpc) is 3.67. The van der Waals surface area contributed by atoms with Gasteiger partial charge in [0.05, 0.1) is 22.3 Å². The summed E-state index contributed by atoms with van der Waals surface area (Å²) in [5, 5.41) is 11.7. The lowest BCUT2D eigenvalue weighted by molar-refractivity contribution is 0.472. The smallest absolute Gasteiger partial charge is 0.149 e. The van der Waals surface area contributed by atoms with Crippen molar-refractivity contribution in [3.05, 3.63) is 192 Å². The molecule has 57 heavy (non-hydrogen) atoms. The van der Waals surface area contributed by atoms with Gasteiger partial charge in [0, 0.05) is 31.2 Å². The van der Waals surface area contributed by atoms with E-state index in [4.69, 9.17) is 18.2 Å². The number of phenols is 1. The first-order valence-electron chi connectivity index (χ1n) is 22.0. The number of aryl methyl sites for hydroxylation is 4. The maximum absolute atomic E-state index is 11.7. The van der Waals surface area contributed by atoms with Crippen LogP contribution in [0.3, 0.4) is 0 Å². The van der Waals surface area contributed by atoms with Gasteiger partial charge in [-0.2, -0.15) is 0 Å². The van der Waals surface area contributed by atoms with Crippen LogP contribution in [-0.2, 0) is 0 Å². The summed E-state index contributed by atoms with van der Waals surface area (Å²) in [7, 11) is 0. The van der Waals surface area contributed by atoms with Gasteiger partial charge in [0.25, 0.3) is 0 Å². The quantitative estimate of drug-likeness (QED) is 0.177. The zero-order valence-electron chi connectivity index (χ0n) is 37.9. The Morgan fingerprint density at radius 3 is 1.98 bits per heavy atom. The molecule has 4 heteroatoms. The van der Waals surface area contributed by atoms with Gasteiger partial charge in [-0.1, -0.05) is 109 Å². The van der Waals surface area contributed by atoms with Crippen LogP contribution >= 0.6 is 0 Å². The predicted molar refractivity (Wildman–Crippen MR) is 237 cm³/mol. The van der Waals surface area contributed by atoms with E-state index in [1.54, 1.807) is 30.3 Å². The molecular formula is C53H43N3O. The van der Waals surface area contributed by atoms with Crippen molar-refractivity contribution < 1.29 is 13.3 Å². The van der Waals surface area contributed by atoms with Gasteiger partial charge >= 0.3 is 0 Å². The third kappa shape index (κ3) is 6.70. The number of hydrogen-bond acceptors (Lipinski definition) is 3. The number of aromatic nitrogens is 3. The molecular weight excluding hydrogens is 695 g/mol. The van der Waals surface area contributed by atoms with E-state index in [9.17, 15) is 5.11 Å². The molecule has 0 saturated heterocycles. The van der Waals surface area contributed by atoms with Gasteiger partial charge in [-0.25, -0.2) is 4.98 Å². The minimum atomic E-state index is -2.79. The zero-order valence-corrected chi connectivity index (χ0v) is 31.9. The highest BCUT2D eigenvalue weighted by Crippen LogP contribution is 2.42. The van der Waals surface area contributed by atoms with Crippen LogP contribution in [0, 0.1) is 34.5 Å². The van der Waals surface area contributed by atoms with Crippen LogP contribution in [0.5, 0.6) is 5.75 Å². The van der Waals surface area contributed by atoms with Crippen molar-refractivity contribution in [2.24, 2.45) is 0 Å². The van der Waals surface area contributed by atoms with Crippen molar-refractivity contribution in [2.75, 3.05) is 0 Å². The summed E-state index contributed by atoms with van der Waals surface area (Å²) in [5.41, 5.74) is 12.6. The fourth-order valence-corrected chi connectivity index (χ4v) is 7.75. The highest BCUT2D eigenvalue weighted by Gasteiger charge is 2.23. The number of para-hydroxylation sites is 1. The second-order valence-electron chi connectivity index (χ2n) is 14.7. The first-order valence-corrected chi connectivity index (χ1v) is 19.0. The van der Waals surface area contributed by atoms with E-state index in [-0.39, 0.29) is 22.4 Å². The predicted octanol–water partition coefficient (Wildman–Crippen LogP) is 13.7. The van der Waals surface area contributed by atoms with Crippen LogP contribution in [-0.4, -0.2) is 19.6 Å². The van der Waals surface area contributed by atoms with E-state index in [0.717, 1.165) is 50.2 Å². The van der Waals surface area contributed by atoms with E-state index in [1.807, 2.05) is 85.3 Å². The van der Waals surface area contributed by atoms with E-state index in [2.05, 4.69) is 67.6 Å². The Kier molecular flexibility index (Phi) is 7.48. The lowest BCUT2D eigenvalue weighted by Gasteiger charge is -2.17. The number of rotatable bonds is 7. The molecule has 0 amide bonds. The number of fused-ring (bicyclic) bond motifs is 1. The third-order valence-corrected chi connectivity index (χ3v) is 10.6. The number of phenolic OH excluding ortho intramolecular Hbond substituents is 1. The molecule has 2 aromatic heterocycles. The molecule has 9 rings (SSSR count). The molecule has 4 nitrogen and oxygen atoms in total. The number of aromatic hydroxyl groups is 1. The number of nitrogens with zero attached hydrogens (tertiary/aromatic N) is 3. The second-order valence-corrected chi connectivity index (χ2v) is 14.7. The second kappa shape index (κ2) is 14.6. The number of imidazole rings is 1. The summed E-state index contributed by atoms with van der Waals surface area (Å²) in [6, 6.07) is 50.9. The molecule has 0 radical (unpaired) electrons. The fraction of sp³-hybridized carbons (Fsp3) is 0.0943. The molecule has 2 heterocycles. The molecule has 0 aliphatic heterocycles. The Morgan fingerprint density at radius 1 is 0.509 bits per heavy atom. The van der Waals surface area contributed by atoms with Crippen molar-refractivity contribution in [3.63, 3.8) is 0 Å². The molecule has 7 aromatic carbocycles. The van der Waals surface area contributed by atoms with Crippen LogP contribution in [0.2, 0.25) is 0 Å². The molecule has 0 aliphatic rings. The Balaban J connectivity index is 1.34. The van der Waals surface area contributed by atoms with Crippen LogP contribution in [0.4, 0.5) is 0 Å². The molecule has 0 atom stereocenters. The lowest BCUT2D eigenvalue weighted by Crippen LogP contribution is -2.01. The van der Waals surface area contributed by atoms with Crippen LogP contribution in [0.15, 0.2) is 164 Å². The van der Waals surface area contributed by atoms with Gasteiger partial charge in [0.2, 0.25) is 0 Å². The standard InChI is InChI=1S/C53H43N3O/c1-33-19-21-39(22-20-33)41-23-24-54-49(31-41)44-29-42(38-13-8-6-9-14-38)28-43(30-44)46-17-12-18-50-51(46)55-53(48-26-34(2)25-36(4)52(48)57)56(50)45-27-35(3)37(5)47(32-45)40-15-10-7-11-16-40/h6-32,57H,1-5H3/i3D3,5D3. The highest BCUT2D eigenvalue weighted by molar-refractivity contribution is 5.98. The minimum Gasteiger partial charge on any atom is -0.507 e. The molecule has 0 fully saturated rings. The lowest BCUT2D eigenvalue weighted by atomic mass is 9.93. The summed E-state index contributed by atoms with van der Waals surface area (Å²) in [4.78, 5) is 10.2. The van der Waals surface area contributed by atoms with Gasteiger partial charge < -0.3 is 5.11 Å². The number of pyridine rings is 1. The van der Waals surface area contributed by atoms with Crippen molar-refractivity contribution in [1.29, 1.82) is 0 Å². The maximum Gasteiger partial charge on any atom is 0.149 e. The van der Waals surface area contributed by atoms with Gasteiger partial charge in [-0.15, -0.1) is 0 Å². The monoisotopic (exact) mass is 743 g/mol. The largest absolute Gasteiger partial charge is 0.507 e. The first kappa shape index (κ1) is 29.3. The average molecular weight is 744 g/mol. The van der Waals surface area contributed by atoms with Crippen LogP contribution in [0.1, 0.15) is 36.0 Å². The van der Waals surface area contributed by atoms with Gasteiger partial charge in [-0.05, 0) is 150 Å². The summed E-state index contributed by atoms with van der Waals surface area (Å²) < 4.78 is 53.6. The molecule has 276 valence electrons. The normalized spacial score (nSPS) is 13.3. The third-order valence-electron chi connectivity index (χ3n) is 10.6. The summed E-state index contributed by atoms with van der Waals surface area (Å²) in [5.74, 6) is 0.399. The van der Waals surface area contributed by atoms with E-state index < -0.39 is 13.7 Å². The van der Waals surface area contributed by atoms with Crippen molar-refractivity contribution in [1.82, 2.24) is 14.5 Å². The Labute approximate surface area is 342 Å². The van der Waals surface area contributed by atoms with Gasteiger partial charge in [-0.3, -0.25) is 9.55 Å². The van der Waals surface area contributed by atoms with E-state index in [1.165, 1.54) is 11.6 Å². The summed E-state index contributed by atoms with van der Waals surface area (Å²) in [6.07, 6.45) is 1.83.